The third-order valence-corrected chi connectivity index (χ3v) is 7.65. The zero-order valence-corrected chi connectivity index (χ0v) is 20.6. The molecule has 0 saturated carbocycles. The lowest BCUT2D eigenvalue weighted by molar-refractivity contribution is 0.454. The Labute approximate surface area is 209 Å². The summed E-state index contributed by atoms with van der Waals surface area (Å²) < 4.78 is 16.4. The molecule has 1 aliphatic carbocycles. The monoisotopic (exact) mass is 484 g/mol. The van der Waals surface area contributed by atoms with Gasteiger partial charge < -0.3 is 4.90 Å². The number of para-hydroxylation sites is 1. The topological polar surface area (TPSA) is 76.8 Å². The number of aryl methyl sites for hydroxylation is 3. The number of rotatable bonds is 3. The standard InChI is InChI=1S/C28H29FN6O/c1-17-5-3-6-21(29)26(17)34-13-9-19(10-14-34)20-15-23-27(33-18(2)16-32-23)35(28(20)36)24-8-4-7-22-25(24)31-12-11-30-22/h3,5-6,11-12,15-16,19,24H,4,7-10,13-14H2,1-2H3/t24-/m0/s1. The van der Waals surface area contributed by atoms with Gasteiger partial charge in [0, 0.05) is 37.2 Å². The first-order chi connectivity index (χ1) is 17.5. The van der Waals surface area contributed by atoms with Crippen LogP contribution >= 0.6 is 0 Å². The molecule has 1 atom stereocenters. The highest BCUT2D eigenvalue weighted by Gasteiger charge is 2.31. The number of hydrogen-bond donors (Lipinski definition) is 0. The molecule has 6 rings (SSSR count). The molecule has 1 aliphatic heterocycles. The number of pyridine rings is 1. The van der Waals surface area contributed by atoms with Crippen LogP contribution in [0.3, 0.4) is 0 Å². The van der Waals surface area contributed by atoms with Crippen molar-refractivity contribution in [1.29, 1.82) is 0 Å². The molecule has 0 unspecified atom stereocenters. The van der Waals surface area contributed by atoms with Crippen LogP contribution in [0.2, 0.25) is 0 Å². The smallest absolute Gasteiger partial charge is 0.256 e. The minimum absolute atomic E-state index is 0.0218. The second kappa shape index (κ2) is 9.08. The Balaban J connectivity index is 1.41. The Morgan fingerprint density at radius 3 is 2.64 bits per heavy atom. The molecule has 8 heteroatoms. The first-order valence-electron chi connectivity index (χ1n) is 12.7. The molecular formula is C28H29FN6O. The normalized spacial score (nSPS) is 18.4. The van der Waals surface area contributed by atoms with Crippen molar-refractivity contribution in [1.82, 2.24) is 24.5 Å². The molecule has 184 valence electrons. The SMILES string of the molecule is Cc1cnc2cc(C3CCN(c4c(C)cccc4F)CC3)c(=O)n([C@H]3CCCc4nccnc43)c2n1. The van der Waals surface area contributed by atoms with E-state index in [1.807, 2.05) is 30.5 Å². The number of piperidine rings is 1. The summed E-state index contributed by atoms with van der Waals surface area (Å²) in [5, 5.41) is 0. The van der Waals surface area contributed by atoms with Crippen molar-refractivity contribution < 1.29 is 4.39 Å². The molecule has 1 fully saturated rings. The molecule has 3 aromatic heterocycles. The fourth-order valence-electron chi connectivity index (χ4n) is 5.92. The maximum Gasteiger partial charge on any atom is 0.256 e. The van der Waals surface area contributed by atoms with Gasteiger partial charge in [0.1, 0.15) is 11.3 Å². The third kappa shape index (κ3) is 3.85. The number of hydrogen-bond acceptors (Lipinski definition) is 6. The van der Waals surface area contributed by atoms with Crippen molar-refractivity contribution in [2.45, 2.75) is 57.9 Å². The number of aromatic nitrogens is 5. The van der Waals surface area contributed by atoms with Crippen LogP contribution < -0.4 is 10.5 Å². The maximum atomic E-state index is 14.6. The van der Waals surface area contributed by atoms with E-state index in [0.717, 1.165) is 65.8 Å². The van der Waals surface area contributed by atoms with E-state index in [-0.39, 0.29) is 23.3 Å². The molecule has 4 aromatic rings. The van der Waals surface area contributed by atoms with E-state index in [9.17, 15) is 9.18 Å². The summed E-state index contributed by atoms with van der Waals surface area (Å²) in [6.45, 7) is 5.23. The fraction of sp³-hybridized carbons (Fsp3) is 0.393. The minimum Gasteiger partial charge on any atom is -0.369 e. The lowest BCUT2D eigenvalue weighted by Crippen LogP contribution is -2.37. The third-order valence-electron chi connectivity index (χ3n) is 7.65. The second-order valence-corrected chi connectivity index (χ2v) is 9.96. The summed E-state index contributed by atoms with van der Waals surface area (Å²) in [6, 6.07) is 6.92. The van der Waals surface area contributed by atoms with Gasteiger partial charge in [0.2, 0.25) is 0 Å². The van der Waals surface area contributed by atoms with Gasteiger partial charge in [-0.25, -0.2) is 9.37 Å². The molecule has 36 heavy (non-hydrogen) atoms. The number of benzene rings is 1. The van der Waals surface area contributed by atoms with Crippen molar-refractivity contribution in [2.75, 3.05) is 18.0 Å². The van der Waals surface area contributed by atoms with Crippen molar-refractivity contribution in [3.05, 3.63) is 87.2 Å². The van der Waals surface area contributed by atoms with Crippen LogP contribution in [0.4, 0.5) is 10.1 Å². The summed E-state index contributed by atoms with van der Waals surface area (Å²) in [4.78, 5) is 34.8. The Morgan fingerprint density at radius 2 is 1.83 bits per heavy atom. The average Bonchev–Trinajstić information content (AvgIpc) is 2.89. The molecule has 0 amide bonds. The van der Waals surface area contributed by atoms with Crippen LogP contribution in [-0.2, 0) is 6.42 Å². The molecule has 7 nitrogen and oxygen atoms in total. The Bertz CT molecular complexity index is 1490. The number of halogens is 1. The minimum atomic E-state index is -0.213. The van der Waals surface area contributed by atoms with Crippen LogP contribution in [-0.4, -0.2) is 37.6 Å². The summed E-state index contributed by atoms with van der Waals surface area (Å²) in [6.07, 6.45) is 9.32. The van der Waals surface area contributed by atoms with Crippen LogP contribution in [0.25, 0.3) is 11.2 Å². The molecule has 1 aromatic carbocycles. The largest absolute Gasteiger partial charge is 0.369 e. The van der Waals surface area contributed by atoms with Gasteiger partial charge in [-0.15, -0.1) is 0 Å². The van der Waals surface area contributed by atoms with Crippen LogP contribution in [0.5, 0.6) is 0 Å². The first kappa shape index (κ1) is 22.8. The lowest BCUT2D eigenvalue weighted by atomic mass is 9.88. The Hall–Kier alpha value is -3.68. The average molecular weight is 485 g/mol. The van der Waals surface area contributed by atoms with Gasteiger partial charge in [0.05, 0.1) is 28.8 Å². The quantitative estimate of drug-likeness (QED) is 0.421. The van der Waals surface area contributed by atoms with Gasteiger partial charge in [-0.05, 0) is 69.6 Å². The molecule has 4 heterocycles. The molecule has 0 bridgehead atoms. The van der Waals surface area contributed by atoms with E-state index < -0.39 is 0 Å². The molecule has 1 saturated heterocycles. The predicted octanol–water partition coefficient (Wildman–Crippen LogP) is 4.65. The molecule has 0 N–H and O–H groups in total. The van der Waals surface area contributed by atoms with Crippen molar-refractivity contribution in [3.63, 3.8) is 0 Å². The van der Waals surface area contributed by atoms with Crippen LogP contribution in [0.1, 0.15) is 65.9 Å². The van der Waals surface area contributed by atoms with E-state index in [2.05, 4.69) is 19.9 Å². The number of nitrogens with zero attached hydrogens (tertiary/aromatic N) is 6. The lowest BCUT2D eigenvalue weighted by Gasteiger charge is -2.35. The van der Waals surface area contributed by atoms with E-state index in [1.54, 1.807) is 24.7 Å². The Kier molecular flexibility index (Phi) is 5.74. The van der Waals surface area contributed by atoms with E-state index in [1.165, 1.54) is 6.07 Å². The molecule has 0 spiro atoms. The number of fused-ring (bicyclic) bond motifs is 2. The highest BCUT2D eigenvalue weighted by atomic mass is 19.1. The van der Waals surface area contributed by atoms with Crippen molar-refractivity contribution in [3.8, 4) is 0 Å². The fourth-order valence-corrected chi connectivity index (χ4v) is 5.92. The van der Waals surface area contributed by atoms with Crippen molar-refractivity contribution >= 4 is 16.9 Å². The van der Waals surface area contributed by atoms with Gasteiger partial charge in [-0.1, -0.05) is 12.1 Å². The summed E-state index contributed by atoms with van der Waals surface area (Å²) in [7, 11) is 0. The van der Waals surface area contributed by atoms with Gasteiger partial charge in [0.25, 0.3) is 5.56 Å². The highest BCUT2D eigenvalue weighted by molar-refractivity contribution is 5.71. The van der Waals surface area contributed by atoms with Crippen LogP contribution in [0, 0.1) is 19.7 Å². The zero-order chi connectivity index (χ0) is 24.8. The molecular weight excluding hydrogens is 455 g/mol. The van der Waals surface area contributed by atoms with Crippen LogP contribution in [0.15, 0.2) is 47.7 Å². The summed E-state index contributed by atoms with van der Waals surface area (Å²) in [5.74, 6) is -0.117. The zero-order valence-electron chi connectivity index (χ0n) is 20.6. The molecule has 0 radical (unpaired) electrons. The van der Waals surface area contributed by atoms with E-state index in [0.29, 0.717) is 24.4 Å². The summed E-state index contributed by atoms with van der Waals surface area (Å²) >= 11 is 0. The van der Waals surface area contributed by atoms with Gasteiger partial charge in [-0.3, -0.25) is 24.3 Å². The molecule has 2 aliphatic rings. The van der Waals surface area contributed by atoms with Crippen molar-refractivity contribution in [2.24, 2.45) is 0 Å². The van der Waals surface area contributed by atoms with Gasteiger partial charge in [0.15, 0.2) is 5.65 Å². The van der Waals surface area contributed by atoms with E-state index >= 15 is 0 Å². The van der Waals surface area contributed by atoms with Gasteiger partial charge in [-0.2, -0.15) is 0 Å². The second-order valence-electron chi connectivity index (χ2n) is 9.96. The number of anilines is 1. The Morgan fingerprint density at radius 1 is 1.03 bits per heavy atom. The summed E-state index contributed by atoms with van der Waals surface area (Å²) in [5.41, 5.74) is 6.26. The highest BCUT2D eigenvalue weighted by Crippen LogP contribution is 2.35. The predicted molar refractivity (Wildman–Crippen MR) is 137 cm³/mol. The van der Waals surface area contributed by atoms with Gasteiger partial charge >= 0.3 is 0 Å². The maximum absolute atomic E-state index is 14.6. The first-order valence-corrected chi connectivity index (χ1v) is 12.7. The van der Waals surface area contributed by atoms with E-state index in [4.69, 9.17) is 4.98 Å².